The van der Waals surface area contributed by atoms with E-state index in [1.807, 2.05) is 17.5 Å². The van der Waals surface area contributed by atoms with E-state index in [-0.39, 0.29) is 5.91 Å². The molecule has 3 aromatic rings. The molecular weight excluding hydrogens is 452 g/mol. The minimum absolute atomic E-state index is 0.253. The molecule has 7 heteroatoms. The second-order valence-corrected chi connectivity index (χ2v) is 8.11. The lowest BCUT2D eigenvalue weighted by atomic mass is 10.1. The molecule has 1 aromatic heterocycles. The summed E-state index contributed by atoms with van der Waals surface area (Å²) in [6.07, 6.45) is 3.17. The highest BCUT2D eigenvalue weighted by Gasteiger charge is 2.10. The van der Waals surface area contributed by atoms with Gasteiger partial charge in [-0.1, -0.05) is 12.1 Å². The Labute approximate surface area is 182 Å². The van der Waals surface area contributed by atoms with Gasteiger partial charge < -0.3 is 9.47 Å². The van der Waals surface area contributed by atoms with E-state index in [0.717, 1.165) is 21.3 Å². The number of benzene rings is 2. The molecule has 2 aromatic carbocycles. The number of methoxy groups -OCH3 is 2. The minimum Gasteiger partial charge on any atom is -0.493 e. The zero-order chi connectivity index (χ0) is 21.0. The molecule has 5 nitrogen and oxygen atoms in total. The molecule has 0 saturated heterocycles. The highest BCUT2D eigenvalue weighted by atomic mass is 79.9. The molecule has 0 unspecified atom stereocenters. The van der Waals surface area contributed by atoms with Crippen molar-refractivity contribution in [2.45, 2.75) is 13.8 Å². The average molecular weight is 473 g/mol. The number of hydrogen-bond donors (Lipinski definition) is 1. The number of nitrogens with one attached hydrogen (secondary N) is 1. The molecule has 0 aliphatic rings. The van der Waals surface area contributed by atoms with Gasteiger partial charge in [-0.3, -0.25) is 10.1 Å². The van der Waals surface area contributed by atoms with Crippen LogP contribution in [-0.4, -0.2) is 25.1 Å². The lowest BCUT2D eigenvalue weighted by molar-refractivity contribution is -0.111. The summed E-state index contributed by atoms with van der Waals surface area (Å²) >= 11 is 4.84. The van der Waals surface area contributed by atoms with Crippen molar-refractivity contribution >= 4 is 44.4 Å². The SMILES string of the molecule is COc1cc(C=CC(=O)Nc2nc(-c3ccc(C)c(C)c3)cs2)cc(Br)c1OC. The van der Waals surface area contributed by atoms with E-state index in [1.165, 1.54) is 28.5 Å². The van der Waals surface area contributed by atoms with Gasteiger partial charge in [0.05, 0.1) is 24.4 Å². The third-order valence-electron chi connectivity index (χ3n) is 4.42. The van der Waals surface area contributed by atoms with Crippen LogP contribution in [0.15, 0.2) is 46.3 Å². The van der Waals surface area contributed by atoms with Crippen LogP contribution in [0.4, 0.5) is 5.13 Å². The first-order valence-corrected chi connectivity index (χ1v) is 10.5. The van der Waals surface area contributed by atoms with E-state index in [4.69, 9.17) is 9.47 Å². The molecule has 0 spiro atoms. The number of aromatic nitrogens is 1. The number of thiazole rings is 1. The van der Waals surface area contributed by atoms with Gasteiger partial charge in [0.25, 0.3) is 0 Å². The number of hydrogen-bond acceptors (Lipinski definition) is 5. The van der Waals surface area contributed by atoms with Gasteiger partial charge in [-0.2, -0.15) is 0 Å². The smallest absolute Gasteiger partial charge is 0.250 e. The largest absolute Gasteiger partial charge is 0.493 e. The third-order valence-corrected chi connectivity index (χ3v) is 5.77. The predicted molar refractivity (Wildman–Crippen MR) is 122 cm³/mol. The number of halogens is 1. The summed E-state index contributed by atoms with van der Waals surface area (Å²) in [7, 11) is 3.14. The Morgan fingerprint density at radius 2 is 1.93 bits per heavy atom. The maximum absolute atomic E-state index is 12.3. The molecular formula is C22H21BrN2O3S. The molecule has 0 aliphatic carbocycles. The topological polar surface area (TPSA) is 60.5 Å². The molecule has 0 saturated carbocycles. The van der Waals surface area contributed by atoms with Crippen LogP contribution in [0.1, 0.15) is 16.7 Å². The van der Waals surface area contributed by atoms with Crippen molar-refractivity contribution < 1.29 is 14.3 Å². The van der Waals surface area contributed by atoms with Gasteiger partial charge in [0, 0.05) is 17.0 Å². The van der Waals surface area contributed by atoms with E-state index in [2.05, 4.69) is 52.2 Å². The molecule has 1 N–H and O–H groups in total. The number of carbonyl (C=O) groups is 1. The van der Waals surface area contributed by atoms with E-state index >= 15 is 0 Å². The van der Waals surface area contributed by atoms with E-state index < -0.39 is 0 Å². The predicted octanol–water partition coefficient (Wildman–Crippen LogP) is 5.86. The maximum Gasteiger partial charge on any atom is 0.250 e. The Morgan fingerprint density at radius 3 is 2.62 bits per heavy atom. The second-order valence-electron chi connectivity index (χ2n) is 6.40. The van der Waals surface area contributed by atoms with Gasteiger partial charge in [-0.05, 0) is 70.7 Å². The number of anilines is 1. The average Bonchev–Trinajstić information content (AvgIpc) is 3.16. The van der Waals surface area contributed by atoms with Gasteiger partial charge in [0.2, 0.25) is 5.91 Å². The Kier molecular flexibility index (Phi) is 6.71. The molecule has 0 fully saturated rings. The second kappa shape index (κ2) is 9.24. The van der Waals surface area contributed by atoms with Gasteiger partial charge >= 0.3 is 0 Å². The molecule has 1 heterocycles. The van der Waals surface area contributed by atoms with Crippen molar-refractivity contribution in [3.63, 3.8) is 0 Å². The maximum atomic E-state index is 12.3. The van der Waals surface area contributed by atoms with E-state index in [1.54, 1.807) is 26.4 Å². The summed E-state index contributed by atoms with van der Waals surface area (Å²) in [6.45, 7) is 4.15. The van der Waals surface area contributed by atoms with Gasteiger partial charge in [0.1, 0.15) is 0 Å². The number of carbonyl (C=O) groups excluding carboxylic acids is 1. The molecule has 0 aliphatic heterocycles. The van der Waals surface area contributed by atoms with Crippen LogP contribution in [0.2, 0.25) is 0 Å². The Bertz CT molecular complexity index is 1080. The molecule has 0 atom stereocenters. The normalized spacial score (nSPS) is 10.9. The fraction of sp³-hybridized carbons (Fsp3) is 0.182. The monoisotopic (exact) mass is 472 g/mol. The van der Waals surface area contributed by atoms with Crippen LogP contribution in [-0.2, 0) is 4.79 Å². The van der Waals surface area contributed by atoms with E-state index in [0.29, 0.717) is 16.6 Å². The lowest BCUT2D eigenvalue weighted by Gasteiger charge is -2.10. The van der Waals surface area contributed by atoms with Crippen LogP contribution >= 0.6 is 27.3 Å². The molecule has 0 bridgehead atoms. The number of nitrogens with zero attached hydrogens (tertiary/aromatic N) is 1. The van der Waals surface area contributed by atoms with Crippen LogP contribution in [0.5, 0.6) is 11.5 Å². The summed E-state index contributed by atoms with van der Waals surface area (Å²) < 4.78 is 11.4. The molecule has 150 valence electrons. The van der Waals surface area contributed by atoms with Crippen LogP contribution in [0.3, 0.4) is 0 Å². The summed E-state index contributed by atoms with van der Waals surface area (Å²) in [4.78, 5) is 16.8. The molecule has 29 heavy (non-hydrogen) atoms. The Morgan fingerprint density at radius 1 is 1.14 bits per heavy atom. The summed E-state index contributed by atoms with van der Waals surface area (Å²) in [6, 6.07) is 9.87. The molecule has 3 rings (SSSR count). The fourth-order valence-corrected chi connectivity index (χ4v) is 4.06. The van der Waals surface area contributed by atoms with Crippen molar-refractivity contribution in [1.29, 1.82) is 0 Å². The number of ether oxygens (including phenoxy) is 2. The van der Waals surface area contributed by atoms with Crippen molar-refractivity contribution in [3.8, 4) is 22.8 Å². The van der Waals surface area contributed by atoms with Crippen LogP contribution in [0, 0.1) is 13.8 Å². The zero-order valence-electron chi connectivity index (χ0n) is 16.6. The van der Waals surface area contributed by atoms with Gasteiger partial charge in [-0.25, -0.2) is 4.98 Å². The highest BCUT2D eigenvalue weighted by Crippen LogP contribution is 2.36. The van der Waals surface area contributed by atoms with Gasteiger partial charge in [0.15, 0.2) is 16.6 Å². The standard InChI is InChI=1S/C22H21BrN2O3S/c1-13-5-7-16(9-14(13)2)18-12-29-22(24-18)25-20(26)8-6-15-10-17(23)21(28-4)19(11-15)27-3/h5-12H,1-4H3,(H,24,25,26). The first kappa shape index (κ1) is 21.1. The number of amides is 1. The Balaban J connectivity index is 1.71. The van der Waals surface area contributed by atoms with Crippen molar-refractivity contribution in [2.24, 2.45) is 0 Å². The van der Waals surface area contributed by atoms with E-state index in [9.17, 15) is 4.79 Å². The highest BCUT2D eigenvalue weighted by molar-refractivity contribution is 9.10. The van der Waals surface area contributed by atoms with Gasteiger partial charge in [-0.15, -0.1) is 11.3 Å². The minimum atomic E-state index is -0.253. The summed E-state index contributed by atoms with van der Waals surface area (Å²) in [5, 5.41) is 5.30. The van der Waals surface area contributed by atoms with Crippen molar-refractivity contribution in [2.75, 3.05) is 19.5 Å². The molecule has 1 amide bonds. The number of aryl methyl sites for hydroxylation is 2. The zero-order valence-corrected chi connectivity index (χ0v) is 19.0. The van der Waals surface area contributed by atoms with Crippen LogP contribution < -0.4 is 14.8 Å². The summed E-state index contributed by atoms with van der Waals surface area (Å²) in [5.41, 5.74) is 5.14. The first-order chi connectivity index (χ1) is 13.9. The molecule has 0 radical (unpaired) electrons. The van der Waals surface area contributed by atoms with Crippen molar-refractivity contribution in [1.82, 2.24) is 4.98 Å². The number of rotatable bonds is 6. The van der Waals surface area contributed by atoms with Crippen molar-refractivity contribution in [3.05, 3.63) is 63.0 Å². The third kappa shape index (κ3) is 5.05. The fourth-order valence-electron chi connectivity index (χ4n) is 2.72. The quantitative estimate of drug-likeness (QED) is 0.456. The summed E-state index contributed by atoms with van der Waals surface area (Å²) in [5.74, 6) is 0.938. The lowest BCUT2D eigenvalue weighted by Crippen LogP contribution is -2.07. The van der Waals surface area contributed by atoms with Crippen LogP contribution in [0.25, 0.3) is 17.3 Å². The Hall–Kier alpha value is -2.64. The first-order valence-electron chi connectivity index (χ1n) is 8.85.